The molecular formula is C24H29N2O6P. The van der Waals surface area contributed by atoms with E-state index in [0.717, 1.165) is 11.1 Å². The van der Waals surface area contributed by atoms with Crippen LogP contribution in [0, 0.1) is 0 Å². The molecule has 0 spiro atoms. The van der Waals surface area contributed by atoms with Gasteiger partial charge in [0, 0.05) is 18.2 Å². The fraction of sp³-hybridized carbons (Fsp3) is 0.333. The fourth-order valence-electron chi connectivity index (χ4n) is 3.57. The third kappa shape index (κ3) is 5.36. The standard InChI is InChI=1S/C24H29N2O6P/c1-6-13-26-23(25-20-15-22(30-5)21(29-4)14-19(20)24(26)27)18-11-9-17(10-12-18)16-33(28,31-7-2)32-8-3/h6,9-12,14-15H,1,7-8,13,16H2,2-5H3. The second-order valence-corrected chi connectivity index (χ2v) is 9.22. The van der Waals surface area contributed by atoms with E-state index in [0.29, 0.717) is 41.4 Å². The highest BCUT2D eigenvalue weighted by Gasteiger charge is 2.24. The van der Waals surface area contributed by atoms with Crippen LogP contribution >= 0.6 is 7.60 Å². The minimum atomic E-state index is -3.22. The number of ether oxygens (including phenoxy) is 2. The Morgan fingerprint density at radius 2 is 1.64 bits per heavy atom. The predicted octanol–water partition coefficient (Wildman–Crippen LogP) is 5.03. The van der Waals surface area contributed by atoms with Gasteiger partial charge in [0.25, 0.3) is 5.56 Å². The van der Waals surface area contributed by atoms with Crippen LogP contribution in [-0.4, -0.2) is 37.0 Å². The second kappa shape index (κ2) is 10.8. The van der Waals surface area contributed by atoms with E-state index in [9.17, 15) is 9.36 Å². The molecule has 0 unspecified atom stereocenters. The molecule has 0 bridgehead atoms. The molecule has 3 aromatic rings. The average molecular weight is 472 g/mol. The molecule has 1 heterocycles. The molecule has 3 rings (SSSR count). The molecule has 0 aliphatic rings. The molecule has 8 nitrogen and oxygen atoms in total. The molecule has 0 aliphatic carbocycles. The number of hydrogen-bond donors (Lipinski definition) is 0. The summed E-state index contributed by atoms with van der Waals surface area (Å²) in [5.41, 5.74) is 1.82. The van der Waals surface area contributed by atoms with Gasteiger partial charge in [0.15, 0.2) is 11.5 Å². The zero-order chi connectivity index (χ0) is 24.0. The van der Waals surface area contributed by atoms with Crippen LogP contribution in [0.3, 0.4) is 0 Å². The van der Waals surface area contributed by atoms with E-state index in [2.05, 4.69) is 6.58 Å². The Bertz CT molecular complexity index is 1230. The number of rotatable bonds is 11. The Morgan fingerprint density at radius 3 is 2.18 bits per heavy atom. The van der Waals surface area contributed by atoms with Gasteiger partial charge in [-0.3, -0.25) is 13.9 Å². The molecule has 0 N–H and O–H groups in total. The van der Waals surface area contributed by atoms with E-state index in [1.807, 2.05) is 24.3 Å². The molecule has 0 saturated carbocycles. The molecule has 0 saturated heterocycles. The topological polar surface area (TPSA) is 88.9 Å². The number of aromatic nitrogens is 2. The number of nitrogens with zero attached hydrogens (tertiary/aromatic N) is 2. The summed E-state index contributed by atoms with van der Waals surface area (Å²) in [5, 5.41) is 0.421. The Hall–Kier alpha value is -2.93. The second-order valence-electron chi connectivity index (χ2n) is 7.17. The van der Waals surface area contributed by atoms with Gasteiger partial charge in [-0.2, -0.15) is 0 Å². The van der Waals surface area contributed by atoms with E-state index in [4.69, 9.17) is 23.5 Å². The lowest BCUT2D eigenvalue weighted by Crippen LogP contribution is -2.23. The molecule has 2 aromatic carbocycles. The van der Waals surface area contributed by atoms with Crippen LogP contribution in [0.2, 0.25) is 0 Å². The summed E-state index contributed by atoms with van der Waals surface area (Å²) in [6, 6.07) is 10.7. The summed E-state index contributed by atoms with van der Waals surface area (Å²) >= 11 is 0. The van der Waals surface area contributed by atoms with E-state index >= 15 is 0 Å². The first-order chi connectivity index (χ1) is 15.9. The summed E-state index contributed by atoms with van der Waals surface area (Å²) in [5.74, 6) is 1.44. The maximum absolute atomic E-state index is 13.3. The lowest BCUT2D eigenvalue weighted by atomic mass is 10.1. The molecule has 0 atom stereocenters. The quantitative estimate of drug-likeness (QED) is 0.286. The van der Waals surface area contributed by atoms with Gasteiger partial charge in [-0.1, -0.05) is 30.3 Å². The van der Waals surface area contributed by atoms with Gasteiger partial charge in [-0.05, 0) is 25.5 Å². The van der Waals surface area contributed by atoms with Crippen molar-refractivity contribution < 1.29 is 23.1 Å². The van der Waals surface area contributed by atoms with Crippen LogP contribution in [0.15, 0.2) is 53.8 Å². The largest absolute Gasteiger partial charge is 0.493 e. The van der Waals surface area contributed by atoms with Crippen molar-refractivity contribution in [1.29, 1.82) is 0 Å². The number of methoxy groups -OCH3 is 2. The summed E-state index contributed by atoms with van der Waals surface area (Å²) in [6.07, 6.45) is 1.81. The van der Waals surface area contributed by atoms with Gasteiger partial charge >= 0.3 is 7.60 Å². The third-order valence-electron chi connectivity index (χ3n) is 5.01. The van der Waals surface area contributed by atoms with Crippen LogP contribution in [0.25, 0.3) is 22.3 Å². The van der Waals surface area contributed by atoms with E-state index in [1.165, 1.54) is 14.2 Å². The normalized spacial score (nSPS) is 11.5. The smallest absolute Gasteiger partial charge is 0.335 e. The highest BCUT2D eigenvalue weighted by Crippen LogP contribution is 2.51. The molecule has 33 heavy (non-hydrogen) atoms. The van der Waals surface area contributed by atoms with Crippen LogP contribution in [0.5, 0.6) is 11.5 Å². The minimum absolute atomic E-state index is 0.163. The first-order valence-corrected chi connectivity index (χ1v) is 12.4. The first kappa shape index (κ1) is 24.7. The van der Waals surface area contributed by atoms with Crippen LogP contribution in [-0.2, 0) is 26.3 Å². The molecule has 0 amide bonds. The van der Waals surface area contributed by atoms with Gasteiger partial charge in [0.05, 0.1) is 44.5 Å². The Balaban J connectivity index is 2.08. The highest BCUT2D eigenvalue weighted by atomic mass is 31.2. The number of benzene rings is 2. The molecule has 1 aromatic heterocycles. The molecular weight excluding hydrogens is 443 g/mol. The van der Waals surface area contributed by atoms with Crippen molar-refractivity contribution in [1.82, 2.24) is 9.55 Å². The van der Waals surface area contributed by atoms with Crippen molar-refractivity contribution in [2.45, 2.75) is 26.6 Å². The summed E-state index contributed by atoms with van der Waals surface area (Å²) < 4.78 is 35.9. The minimum Gasteiger partial charge on any atom is -0.493 e. The maximum atomic E-state index is 13.3. The molecule has 176 valence electrons. The maximum Gasteiger partial charge on any atom is 0.335 e. The van der Waals surface area contributed by atoms with E-state index < -0.39 is 7.60 Å². The third-order valence-corrected chi connectivity index (χ3v) is 7.07. The zero-order valence-electron chi connectivity index (χ0n) is 19.4. The van der Waals surface area contributed by atoms with Gasteiger partial charge in [0.1, 0.15) is 5.82 Å². The lowest BCUT2D eigenvalue weighted by molar-refractivity contribution is 0.219. The van der Waals surface area contributed by atoms with Crippen LogP contribution in [0.1, 0.15) is 19.4 Å². The number of fused-ring (bicyclic) bond motifs is 1. The summed E-state index contributed by atoms with van der Waals surface area (Å²) in [4.78, 5) is 18.0. The summed E-state index contributed by atoms with van der Waals surface area (Å²) in [7, 11) is -0.163. The number of allylic oxidation sites excluding steroid dienone is 1. The Labute approximate surface area is 193 Å². The van der Waals surface area contributed by atoms with Gasteiger partial charge in [0.2, 0.25) is 0 Å². The van der Waals surface area contributed by atoms with E-state index in [-0.39, 0.29) is 18.3 Å². The van der Waals surface area contributed by atoms with Crippen molar-refractivity contribution in [2.24, 2.45) is 0 Å². The van der Waals surface area contributed by atoms with Gasteiger partial charge in [-0.25, -0.2) is 4.98 Å². The van der Waals surface area contributed by atoms with Crippen molar-refractivity contribution in [2.75, 3.05) is 27.4 Å². The molecule has 0 aliphatic heterocycles. The zero-order valence-corrected chi connectivity index (χ0v) is 20.3. The SMILES string of the molecule is C=CCn1c(-c2ccc(CP(=O)(OCC)OCC)cc2)nc2cc(OC)c(OC)cc2c1=O. The van der Waals surface area contributed by atoms with Crippen molar-refractivity contribution in [3.05, 3.63) is 65.0 Å². The van der Waals surface area contributed by atoms with Crippen molar-refractivity contribution >= 4 is 18.5 Å². The fourth-order valence-corrected chi connectivity index (χ4v) is 5.27. The molecule has 0 fully saturated rings. The van der Waals surface area contributed by atoms with Crippen LogP contribution < -0.4 is 15.0 Å². The van der Waals surface area contributed by atoms with Crippen molar-refractivity contribution in [3.63, 3.8) is 0 Å². The first-order valence-electron chi connectivity index (χ1n) is 10.6. The van der Waals surface area contributed by atoms with Crippen LogP contribution in [0.4, 0.5) is 0 Å². The Morgan fingerprint density at radius 1 is 1.03 bits per heavy atom. The van der Waals surface area contributed by atoms with Gasteiger partial charge < -0.3 is 18.5 Å². The number of hydrogen-bond acceptors (Lipinski definition) is 7. The predicted molar refractivity (Wildman–Crippen MR) is 129 cm³/mol. The average Bonchev–Trinajstić information content (AvgIpc) is 2.80. The highest BCUT2D eigenvalue weighted by molar-refractivity contribution is 7.53. The summed E-state index contributed by atoms with van der Waals surface area (Å²) in [6.45, 7) is 8.23. The monoisotopic (exact) mass is 472 g/mol. The molecule has 9 heteroatoms. The molecule has 0 radical (unpaired) electrons. The lowest BCUT2D eigenvalue weighted by Gasteiger charge is -2.17. The van der Waals surface area contributed by atoms with Crippen molar-refractivity contribution in [3.8, 4) is 22.9 Å². The van der Waals surface area contributed by atoms with Gasteiger partial charge in [-0.15, -0.1) is 6.58 Å². The van der Waals surface area contributed by atoms with E-state index in [1.54, 1.807) is 36.6 Å². The Kier molecular flexibility index (Phi) is 8.08.